The Morgan fingerprint density at radius 1 is 0.342 bits per heavy atom. The standard InChI is InChI=1S/C20H28O6.C19H28O6.C16H22O7.C16H22O6.C13H18O5/c1-4-20(2,3)19(23)26-16-12-9-11-14(18(22)25-15(11)16)13(12)17(21)24-10-7-5-6-8-10;1-7-19(5,6)17(22)24-14-10-8-9-11(15(20)23-13(9)14)12(10)16(21)25-18(2,3)4;1-5-16(3,4)15(19)23-12-9-7(13(17)20-6-2)8-10(21-9)11(12)22-14(8)18;1-5-16(2,3)15(19)22-12-7-6-8-10(9(7)13(17)20-4)14(18)21-11(8)12;1-4-13(2,3)12(15)18-9-7-5-6-8(16-7)10(9)17-11(6)14/h10-16H,4-9H2,1-3H3;9-14H,7-8H2,1-6H3;7-12H,5-6H2,1-4H3;7-12H,5-6H2,1-4H3;6-10H,4-5H2,1-3H3. The van der Waals surface area contributed by atoms with Crippen molar-refractivity contribution in [3.63, 3.8) is 0 Å². The molecule has 29 atom stereocenters. The second-order valence-corrected chi connectivity index (χ2v) is 38.1. The predicted molar refractivity (Wildman–Crippen MR) is 390 cm³/mol. The Hall–Kier alpha value is -7.50. The average molecular weight is 1610 g/mol. The zero-order valence-electron chi connectivity index (χ0n) is 69.5. The van der Waals surface area contributed by atoms with Gasteiger partial charge < -0.3 is 75.8 Å². The maximum atomic E-state index is 12.8. The van der Waals surface area contributed by atoms with Crippen molar-refractivity contribution < 1.29 is 143 Å². The van der Waals surface area contributed by atoms with Crippen LogP contribution in [0.4, 0.5) is 0 Å². The van der Waals surface area contributed by atoms with Crippen LogP contribution >= 0.6 is 0 Å². The lowest BCUT2D eigenvalue weighted by atomic mass is 9.78. The van der Waals surface area contributed by atoms with Crippen LogP contribution in [0.5, 0.6) is 0 Å². The maximum absolute atomic E-state index is 12.8. The average Bonchev–Trinajstić information content (AvgIpc) is 1.57. The molecule has 30 heteroatoms. The van der Waals surface area contributed by atoms with E-state index in [4.69, 9.17) is 75.8 Å². The van der Waals surface area contributed by atoms with Crippen LogP contribution in [0.25, 0.3) is 0 Å². The molecule has 0 radical (unpaired) electrons. The van der Waals surface area contributed by atoms with Crippen LogP contribution in [0.15, 0.2) is 0 Å². The third-order valence-corrected chi connectivity index (χ3v) is 28.3. The quantitative estimate of drug-likeness (QED) is 0.0769. The van der Waals surface area contributed by atoms with E-state index < -0.39 is 177 Å². The Labute approximate surface area is 665 Å². The van der Waals surface area contributed by atoms with Crippen molar-refractivity contribution in [1.82, 2.24) is 0 Å². The number of esters is 14. The summed E-state index contributed by atoms with van der Waals surface area (Å²) in [5, 5.41) is 0. The van der Waals surface area contributed by atoms with Crippen LogP contribution in [0, 0.1) is 116 Å². The second-order valence-electron chi connectivity index (χ2n) is 38.1. The Kier molecular flexibility index (Phi) is 23.9. The summed E-state index contributed by atoms with van der Waals surface area (Å²) < 4.78 is 87.9. The molecule has 0 aromatic carbocycles. The topological polar surface area (TPSA) is 387 Å². The molecule has 114 heavy (non-hydrogen) atoms. The minimum absolute atomic E-state index is 0.0313. The number of ether oxygens (including phenoxy) is 16. The minimum atomic E-state index is -0.770. The molecule has 16 fully saturated rings. The molecule has 7 aliphatic carbocycles. The molecular formula is C84H118O30. The van der Waals surface area contributed by atoms with Crippen molar-refractivity contribution in [1.29, 1.82) is 0 Å². The molecule has 0 aromatic rings. The SMILES string of the molecule is CCC(C)(C)C(=O)OC1C2CC3C(=O)OC1C3O2.CCC(C)(C)C(=O)OC1C2CC3C1OC(=O)C3C2C(=O)OC.CCC(C)(C)C(=O)OC1C2CC3C1OC(=O)C3C2C(=O)OC(C)(C)C.CCC(C)(C)C(=O)OC1C2CC3C1OC(=O)C3C2C(=O)OC1CCCC1.CCOC(=O)C1C2OC3C(OC(=O)C31)C2OC(=O)C(C)(C)CC. The molecule has 29 unspecified atom stereocenters. The van der Waals surface area contributed by atoms with Gasteiger partial charge in [-0.2, -0.15) is 0 Å². The number of rotatable bonds is 21. The van der Waals surface area contributed by atoms with Gasteiger partial charge in [-0.05, 0) is 180 Å². The lowest BCUT2D eigenvalue weighted by molar-refractivity contribution is -0.176. The van der Waals surface area contributed by atoms with Crippen molar-refractivity contribution in [3.8, 4) is 0 Å². The third kappa shape index (κ3) is 15.3. The number of fused-ring (bicyclic) bond motifs is 5. The Bertz CT molecular complexity index is 3800. The Morgan fingerprint density at radius 2 is 0.693 bits per heavy atom. The predicted octanol–water partition coefficient (Wildman–Crippen LogP) is 8.31. The third-order valence-electron chi connectivity index (χ3n) is 28.3. The zero-order chi connectivity index (χ0) is 83.6. The van der Waals surface area contributed by atoms with Crippen molar-refractivity contribution in [2.75, 3.05) is 13.7 Å². The van der Waals surface area contributed by atoms with Crippen molar-refractivity contribution in [2.45, 2.75) is 312 Å². The molecular weight excluding hydrogens is 1490 g/mol. The van der Waals surface area contributed by atoms with E-state index in [0.717, 1.165) is 25.7 Å². The van der Waals surface area contributed by atoms with Gasteiger partial charge in [-0.3, -0.25) is 67.1 Å². The van der Waals surface area contributed by atoms with E-state index in [2.05, 4.69) is 0 Å². The first kappa shape index (κ1) is 85.9. The summed E-state index contributed by atoms with van der Waals surface area (Å²) in [6.45, 7) is 35.2. The maximum Gasteiger partial charge on any atom is 0.313 e. The van der Waals surface area contributed by atoms with E-state index in [1.165, 1.54) is 7.11 Å². The minimum Gasteiger partial charge on any atom is -0.469 e. The first-order chi connectivity index (χ1) is 53.4. The van der Waals surface area contributed by atoms with Gasteiger partial charge in [0.1, 0.15) is 78.5 Å². The Morgan fingerprint density at radius 3 is 1.08 bits per heavy atom. The van der Waals surface area contributed by atoms with Gasteiger partial charge in [0, 0.05) is 35.5 Å². The van der Waals surface area contributed by atoms with Crippen LogP contribution < -0.4 is 0 Å². The number of hydrogen-bond acceptors (Lipinski definition) is 30. The van der Waals surface area contributed by atoms with E-state index >= 15 is 0 Å². The van der Waals surface area contributed by atoms with Gasteiger partial charge in [0.2, 0.25) is 0 Å². The molecule has 9 aliphatic heterocycles. The van der Waals surface area contributed by atoms with Gasteiger partial charge >= 0.3 is 83.6 Å². The summed E-state index contributed by atoms with van der Waals surface area (Å²) in [6, 6.07) is 0. The molecule has 0 amide bonds. The highest BCUT2D eigenvalue weighted by molar-refractivity contribution is 5.90. The van der Waals surface area contributed by atoms with Gasteiger partial charge in [0.25, 0.3) is 0 Å². The smallest absolute Gasteiger partial charge is 0.313 e. The summed E-state index contributed by atoms with van der Waals surface area (Å²) in [5.41, 5.74) is -3.58. The van der Waals surface area contributed by atoms with Gasteiger partial charge in [-0.15, -0.1) is 0 Å². The lowest BCUT2D eigenvalue weighted by Gasteiger charge is -2.33. The highest BCUT2D eigenvalue weighted by atomic mass is 16.7. The van der Waals surface area contributed by atoms with Gasteiger partial charge in [0.15, 0.2) is 24.4 Å². The summed E-state index contributed by atoms with van der Waals surface area (Å²) >= 11 is 0. The highest BCUT2D eigenvalue weighted by Crippen LogP contribution is 2.63. The van der Waals surface area contributed by atoms with E-state index in [1.807, 2.05) is 90.0 Å². The van der Waals surface area contributed by atoms with Crippen LogP contribution in [-0.4, -0.2) is 194 Å². The van der Waals surface area contributed by atoms with E-state index in [1.54, 1.807) is 41.5 Å². The molecule has 16 rings (SSSR count). The molecule has 0 aromatic heterocycles. The van der Waals surface area contributed by atoms with Crippen LogP contribution in [0.1, 0.15) is 215 Å². The molecule has 9 heterocycles. The first-order valence-electron chi connectivity index (χ1n) is 41.4. The second kappa shape index (κ2) is 31.7. The summed E-state index contributed by atoms with van der Waals surface area (Å²) in [5.74, 6) is -10.1. The lowest BCUT2D eigenvalue weighted by Crippen LogP contribution is -2.49. The number of hydrogen-bond donors (Lipinski definition) is 0. The van der Waals surface area contributed by atoms with Crippen LogP contribution in [0.2, 0.25) is 0 Å². The summed E-state index contributed by atoms with van der Waals surface area (Å²) in [6.07, 6.45) is 3.22. The fourth-order valence-corrected chi connectivity index (χ4v) is 19.7. The van der Waals surface area contributed by atoms with Crippen molar-refractivity contribution in [3.05, 3.63) is 0 Å². The molecule has 0 N–H and O–H groups in total. The molecule has 30 nitrogen and oxygen atoms in total. The fourth-order valence-electron chi connectivity index (χ4n) is 19.7. The summed E-state index contributed by atoms with van der Waals surface area (Å²) in [4.78, 5) is 172. The van der Waals surface area contributed by atoms with E-state index in [-0.39, 0.29) is 126 Å². The van der Waals surface area contributed by atoms with Crippen molar-refractivity contribution >= 4 is 83.6 Å². The largest absolute Gasteiger partial charge is 0.469 e. The van der Waals surface area contributed by atoms with Gasteiger partial charge in [0.05, 0.1) is 88.3 Å². The van der Waals surface area contributed by atoms with E-state index in [9.17, 15) is 67.1 Å². The van der Waals surface area contributed by atoms with Crippen LogP contribution in [0.3, 0.4) is 0 Å². The molecule has 9 saturated heterocycles. The zero-order valence-corrected chi connectivity index (χ0v) is 69.5. The summed E-state index contributed by atoms with van der Waals surface area (Å²) in [7, 11) is 1.31. The molecule has 634 valence electrons. The number of carbonyl (C=O) groups is 14. The molecule has 7 saturated carbocycles. The van der Waals surface area contributed by atoms with E-state index in [0.29, 0.717) is 57.8 Å². The molecule has 16 aliphatic rings. The van der Waals surface area contributed by atoms with Crippen molar-refractivity contribution in [2.24, 2.45) is 116 Å². The molecule has 0 spiro atoms. The number of methoxy groups -OCH3 is 1. The normalized spacial score (nSPS) is 38.3. The Balaban J connectivity index is 0.000000132. The monoisotopic (exact) mass is 1610 g/mol. The van der Waals surface area contributed by atoms with Gasteiger partial charge in [-0.1, -0.05) is 34.6 Å². The first-order valence-corrected chi connectivity index (χ1v) is 41.4. The highest BCUT2D eigenvalue weighted by Gasteiger charge is 2.75. The van der Waals surface area contributed by atoms with Gasteiger partial charge in [-0.25, -0.2) is 0 Å². The fraction of sp³-hybridized carbons (Fsp3) is 0.833. The number of carbonyl (C=O) groups excluding carboxylic acids is 14. The molecule has 10 bridgehead atoms. The van der Waals surface area contributed by atoms with Crippen LogP contribution in [-0.2, 0) is 143 Å².